The summed E-state index contributed by atoms with van der Waals surface area (Å²) in [6, 6.07) is 16.9. The fraction of sp³-hybridized carbons (Fsp3) is 0.0909. The molecule has 0 atom stereocenters. The van der Waals surface area contributed by atoms with E-state index in [9.17, 15) is 0 Å². The Labute approximate surface area is 319 Å². The maximum absolute atomic E-state index is 5.35. The molecule has 0 aliphatic carbocycles. The number of aromatic nitrogens is 4. The van der Waals surface area contributed by atoms with Gasteiger partial charge in [0.1, 0.15) is 21.1 Å². The predicted octanol–water partition coefficient (Wildman–Crippen LogP) is 5.36. The maximum atomic E-state index is 5.35. The van der Waals surface area contributed by atoms with Crippen LogP contribution >= 0.6 is 0 Å². The monoisotopic (exact) mass is 732 g/mol. The van der Waals surface area contributed by atoms with E-state index < -0.39 is 0 Å². The third-order valence-corrected chi connectivity index (χ3v) is 9.68. The zero-order chi connectivity index (χ0) is 35.3. The predicted molar refractivity (Wildman–Crippen MR) is 204 cm³/mol. The van der Waals surface area contributed by atoms with Crippen LogP contribution in [0.2, 0.25) is 0 Å². The average Bonchev–Trinajstić information content (AvgIpc) is 3.99. The van der Waals surface area contributed by atoms with Crippen LogP contribution in [0, 0.1) is 0 Å². The summed E-state index contributed by atoms with van der Waals surface area (Å²) in [7, 11) is 8.10. The first-order valence-electron chi connectivity index (χ1n) is 17.3. The molecule has 4 aromatic rings. The summed E-state index contributed by atoms with van der Waals surface area (Å²) in [5, 5.41) is 0. The van der Waals surface area contributed by atoms with Crippen molar-refractivity contribution in [1.82, 2.24) is 9.88 Å². The number of hydrogen-bond acceptors (Lipinski definition) is 4. The van der Waals surface area contributed by atoms with Gasteiger partial charge in [0.2, 0.25) is 0 Å². The molecule has 9 heterocycles. The molecule has 0 spiro atoms. The van der Waals surface area contributed by atoms with Crippen molar-refractivity contribution >= 4 is 33.9 Å². The van der Waals surface area contributed by atoms with Gasteiger partial charge in [-0.2, -0.15) is 0 Å². The molecule has 8 bridgehead atoms. The van der Waals surface area contributed by atoms with Crippen molar-refractivity contribution < 1.29 is 30.8 Å². The SMILES string of the molecule is CN1C=CC(=C2C3=NC(=C(c4cc[n+](C)cc4)C4=NC(=C(c5cc[n+](C)cc5)c5ccc([n-]5)C(c5cc[n+](C)cc5)=C5C=CC2=N5)C=C4)C=C3)C=C1.[Fe+2]. The van der Waals surface area contributed by atoms with Crippen LogP contribution in [0.4, 0.5) is 0 Å². The molecule has 5 aliphatic rings. The second-order valence-corrected chi connectivity index (χ2v) is 13.4. The summed E-state index contributed by atoms with van der Waals surface area (Å²) < 4.78 is 6.11. The van der Waals surface area contributed by atoms with E-state index in [1.807, 2.05) is 46.8 Å². The summed E-state index contributed by atoms with van der Waals surface area (Å²) in [5.74, 6) is 0. The van der Waals surface area contributed by atoms with Gasteiger partial charge >= 0.3 is 17.1 Å². The van der Waals surface area contributed by atoms with Crippen LogP contribution in [-0.4, -0.2) is 29.1 Å². The summed E-state index contributed by atoms with van der Waals surface area (Å²) in [5.41, 5.74) is 14.7. The van der Waals surface area contributed by atoms with Gasteiger partial charge in [0.15, 0.2) is 37.2 Å². The van der Waals surface area contributed by atoms with E-state index >= 15 is 0 Å². The van der Waals surface area contributed by atoms with E-state index in [1.165, 1.54) is 0 Å². The normalized spacial score (nSPS) is 17.3. The smallest absolute Gasteiger partial charge is 0.657 e. The fourth-order valence-electron chi connectivity index (χ4n) is 6.94. The van der Waals surface area contributed by atoms with Crippen LogP contribution in [0.15, 0.2) is 190 Å². The molecule has 9 heteroatoms. The minimum absolute atomic E-state index is 0. The Hall–Kier alpha value is -6.28. The van der Waals surface area contributed by atoms with Crippen LogP contribution in [-0.2, 0) is 38.2 Å². The van der Waals surface area contributed by atoms with E-state index in [2.05, 4.69) is 147 Å². The van der Waals surface area contributed by atoms with Gasteiger partial charge in [-0.3, -0.25) is 0 Å². The first kappa shape index (κ1) is 33.8. The minimum Gasteiger partial charge on any atom is -0.657 e. The van der Waals surface area contributed by atoms with Crippen LogP contribution in [0.5, 0.6) is 0 Å². The van der Waals surface area contributed by atoms with E-state index in [4.69, 9.17) is 20.0 Å². The Bertz CT molecular complexity index is 2540. The van der Waals surface area contributed by atoms with Crippen LogP contribution in [0.3, 0.4) is 0 Å². The Kier molecular flexibility index (Phi) is 8.74. The zero-order valence-corrected chi connectivity index (χ0v) is 30.9. The maximum Gasteiger partial charge on any atom is 2.00 e. The minimum atomic E-state index is 0. The molecule has 9 rings (SSSR count). The quantitative estimate of drug-likeness (QED) is 0.211. The molecule has 53 heavy (non-hydrogen) atoms. The van der Waals surface area contributed by atoms with Crippen LogP contribution < -0.4 is 18.7 Å². The number of pyridine rings is 3. The van der Waals surface area contributed by atoms with E-state index in [-0.39, 0.29) is 17.1 Å². The largest absolute Gasteiger partial charge is 2.00 e. The summed E-state index contributed by atoms with van der Waals surface area (Å²) in [4.78, 5) is 23.4. The Morgan fingerprint density at radius 1 is 0.453 bits per heavy atom. The van der Waals surface area contributed by atoms with Gasteiger partial charge < -0.3 is 9.88 Å². The van der Waals surface area contributed by atoms with Gasteiger partial charge in [0.05, 0.1) is 34.2 Å². The van der Waals surface area contributed by atoms with Gasteiger partial charge in [-0.05, 0) is 82.0 Å². The third kappa shape index (κ3) is 6.31. The van der Waals surface area contributed by atoms with E-state index in [1.54, 1.807) is 0 Å². The van der Waals surface area contributed by atoms with Crippen LogP contribution in [0.25, 0.3) is 16.7 Å². The number of rotatable bonds is 3. The second-order valence-electron chi connectivity index (χ2n) is 13.4. The van der Waals surface area contributed by atoms with Gasteiger partial charge in [0.25, 0.3) is 0 Å². The van der Waals surface area contributed by atoms with Gasteiger partial charge in [-0.15, -0.1) is 11.4 Å². The molecule has 0 saturated carbocycles. The molecule has 0 N–H and O–H groups in total. The summed E-state index contributed by atoms with van der Waals surface area (Å²) in [6.07, 6.45) is 33.3. The zero-order valence-electron chi connectivity index (χ0n) is 29.8. The van der Waals surface area contributed by atoms with Gasteiger partial charge in [-0.1, -0.05) is 12.1 Å². The molecule has 0 radical (unpaired) electrons. The number of aryl methyl sites for hydroxylation is 3. The van der Waals surface area contributed by atoms with Crippen molar-refractivity contribution in [3.63, 3.8) is 0 Å². The van der Waals surface area contributed by atoms with Gasteiger partial charge in [0, 0.05) is 67.0 Å². The molecule has 5 aliphatic heterocycles. The molecule has 0 fully saturated rings. The summed E-state index contributed by atoms with van der Waals surface area (Å²) >= 11 is 0. The Morgan fingerprint density at radius 2 is 0.811 bits per heavy atom. The Balaban J connectivity index is 0.00000400. The van der Waals surface area contributed by atoms with Crippen molar-refractivity contribution in [2.24, 2.45) is 36.1 Å². The number of hydrogen-bond donors (Lipinski definition) is 0. The van der Waals surface area contributed by atoms with Crippen molar-refractivity contribution in [3.05, 3.63) is 203 Å². The third-order valence-electron chi connectivity index (χ3n) is 9.68. The van der Waals surface area contributed by atoms with Crippen molar-refractivity contribution in [2.75, 3.05) is 7.05 Å². The molecule has 256 valence electrons. The topological polar surface area (TPSA) is 66.1 Å². The number of fused-ring (bicyclic) bond motifs is 5. The Morgan fingerprint density at radius 3 is 1.23 bits per heavy atom. The average molecular weight is 733 g/mol. The first-order valence-corrected chi connectivity index (χ1v) is 17.3. The fourth-order valence-corrected chi connectivity index (χ4v) is 6.94. The molecule has 0 aromatic carbocycles. The number of nitrogens with zero attached hydrogens (tertiary/aromatic N) is 8. The van der Waals surface area contributed by atoms with Crippen molar-refractivity contribution in [2.45, 2.75) is 0 Å². The number of allylic oxidation sites excluding steroid dienone is 11. The second kappa shape index (κ2) is 13.7. The van der Waals surface area contributed by atoms with Gasteiger partial charge in [-0.25, -0.2) is 28.7 Å². The first-order chi connectivity index (χ1) is 25.4. The van der Waals surface area contributed by atoms with Crippen molar-refractivity contribution in [3.8, 4) is 0 Å². The molecular formula is C44H36FeN8+4. The van der Waals surface area contributed by atoms with E-state index in [0.29, 0.717) is 0 Å². The molecular weight excluding hydrogens is 696 g/mol. The van der Waals surface area contributed by atoms with Crippen molar-refractivity contribution in [1.29, 1.82) is 0 Å². The van der Waals surface area contributed by atoms with Crippen LogP contribution in [0.1, 0.15) is 28.1 Å². The summed E-state index contributed by atoms with van der Waals surface area (Å²) in [6.45, 7) is 0. The standard InChI is InChI=1S/C44H36N8.Fe/c1-49-21-13-29(14-22-49)41-33-5-7-35(45-33)42(30-15-23-50(2)24-16-30)37-9-11-39(47-37)44(32-19-27-52(4)28-20-32)40-12-10-38(48-40)43(36-8-6-34(41)46-36)31-17-25-51(3)26-18-31;/h5-28H,1-4H3;/q2*+2. The molecule has 0 saturated heterocycles. The molecule has 8 nitrogen and oxygen atoms in total. The number of aliphatic imine (C=N–C) groups is 3. The molecule has 4 aromatic heterocycles. The molecule has 0 amide bonds. The molecule has 0 unspecified atom stereocenters. The van der Waals surface area contributed by atoms with E-state index in [0.717, 1.165) is 90.2 Å².